The van der Waals surface area contributed by atoms with Gasteiger partial charge in [-0.25, -0.2) is 13.2 Å². The second-order valence-electron chi connectivity index (χ2n) is 7.42. The van der Waals surface area contributed by atoms with Crippen molar-refractivity contribution in [2.45, 2.75) is 64.5 Å². The van der Waals surface area contributed by atoms with Gasteiger partial charge in [-0.05, 0) is 38.1 Å². The van der Waals surface area contributed by atoms with E-state index in [0.717, 1.165) is 25.7 Å². The van der Waals surface area contributed by atoms with Gasteiger partial charge in [-0.15, -0.1) is 0 Å². The fourth-order valence-electron chi connectivity index (χ4n) is 3.83. The number of nitrogens with one attached hydrogen (secondary N) is 2. The van der Waals surface area contributed by atoms with Gasteiger partial charge in [-0.1, -0.05) is 26.7 Å². The third-order valence-electron chi connectivity index (χ3n) is 5.26. The number of carbonyl (C=O) groups is 2. The Morgan fingerprint density at radius 3 is 2.48 bits per heavy atom. The number of amides is 3. The molecule has 0 radical (unpaired) electrons. The molecule has 1 saturated carbocycles. The van der Waals surface area contributed by atoms with E-state index in [9.17, 15) is 18.0 Å². The van der Waals surface area contributed by atoms with Gasteiger partial charge in [0.15, 0.2) is 9.84 Å². The predicted molar refractivity (Wildman–Crippen MR) is 97.0 cm³/mol. The second-order valence-corrected chi connectivity index (χ2v) is 9.65. The Morgan fingerprint density at radius 1 is 1.16 bits per heavy atom. The number of urea groups is 1. The van der Waals surface area contributed by atoms with Gasteiger partial charge in [0.05, 0.1) is 18.1 Å². The Bertz CT molecular complexity index is 578. The van der Waals surface area contributed by atoms with Gasteiger partial charge in [0.25, 0.3) is 0 Å². The van der Waals surface area contributed by atoms with E-state index in [4.69, 9.17) is 0 Å². The molecule has 0 spiro atoms. The summed E-state index contributed by atoms with van der Waals surface area (Å²) < 4.78 is 23.3. The Hall–Kier alpha value is -1.15. The van der Waals surface area contributed by atoms with E-state index in [1.807, 2.05) is 11.8 Å². The number of nitrogens with zero attached hydrogens (tertiary/aromatic N) is 1. The summed E-state index contributed by atoms with van der Waals surface area (Å²) in [6, 6.07) is -0.454. The Kier molecular flexibility index (Phi) is 7.25. The zero-order chi connectivity index (χ0) is 18.4. The standard InChI is InChI=1S/C17H31N3O4S/c1-3-9-20(14-8-10-25(23,24)12-14)11-16(21)19-17(22)18-15-7-5-4-6-13(15)2/h13-15H,3-12H2,1-2H3,(H2,18,19,21,22). The largest absolute Gasteiger partial charge is 0.335 e. The van der Waals surface area contributed by atoms with Gasteiger partial charge in [-0.2, -0.15) is 0 Å². The average molecular weight is 374 g/mol. The first-order valence-corrected chi connectivity index (χ1v) is 11.2. The van der Waals surface area contributed by atoms with E-state index in [1.165, 1.54) is 6.42 Å². The summed E-state index contributed by atoms with van der Waals surface area (Å²) in [5, 5.41) is 5.30. The molecule has 0 aromatic heterocycles. The maximum Gasteiger partial charge on any atom is 0.321 e. The van der Waals surface area contributed by atoms with Crippen LogP contribution >= 0.6 is 0 Å². The fourth-order valence-corrected chi connectivity index (χ4v) is 5.59. The second kappa shape index (κ2) is 8.98. The first-order valence-electron chi connectivity index (χ1n) is 9.35. The lowest BCUT2D eigenvalue weighted by Crippen LogP contribution is -2.51. The maximum absolute atomic E-state index is 12.2. The van der Waals surface area contributed by atoms with E-state index in [0.29, 0.717) is 18.9 Å². The molecule has 7 nitrogen and oxygen atoms in total. The molecular weight excluding hydrogens is 342 g/mol. The first-order chi connectivity index (χ1) is 11.8. The molecule has 1 heterocycles. The van der Waals surface area contributed by atoms with E-state index in [1.54, 1.807) is 0 Å². The van der Waals surface area contributed by atoms with Gasteiger partial charge in [0.2, 0.25) is 5.91 Å². The highest BCUT2D eigenvalue weighted by Gasteiger charge is 2.33. The smallest absolute Gasteiger partial charge is 0.321 e. The zero-order valence-electron chi connectivity index (χ0n) is 15.3. The molecule has 25 heavy (non-hydrogen) atoms. The molecule has 2 fully saturated rings. The van der Waals surface area contributed by atoms with Crippen molar-refractivity contribution in [2.75, 3.05) is 24.6 Å². The van der Waals surface area contributed by atoms with Gasteiger partial charge in [0.1, 0.15) is 0 Å². The molecule has 1 aliphatic heterocycles. The molecule has 3 atom stereocenters. The van der Waals surface area contributed by atoms with Crippen LogP contribution < -0.4 is 10.6 Å². The minimum Gasteiger partial charge on any atom is -0.335 e. The zero-order valence-corrected chi connectivity index (χ0v) is 16.1. The summed E-state index contributed by atoms with van der Waals surface area (Å²) in [6.45, 7) is 4.82. The van der Waals surface area contributed by atoms with Gasteiger partial charge in [0, 0.05) is 12.1 Å². The predicted octanol–water partition coefficient (Wildman–Crippen LogP) is 1.29. The van der Waals surface area contributed by atoms with E-state index >= 15 is 0 Å². The molecule has 3 unspecified atom stereocenters. The van der Waals surface area contributed by atoms with Gasteiger partial charge < -0.3 is 5.32 Å². The van der Waals surface area contributed by atoms with Crippen molar-refractivity contribution < 1.29 is 18.0 Å². The third-order valence-corrected chi connectivity index (χ3v) is 7.01. The number of carbonyl (C=O) groups excluding carboxylic acids is 2. The summed E-state index contributed by atoms with van der Waals surface area (Å²) in [6.07, 6.45) is 5.72. The summed E-state index contributed by atoms with van der Waals surface area (Å²) in [5.74, 6) is 0.333. The van der Waals surface area contributed by atoms with Crippen LogP contribution in [0.2, 0.25) is 0 Å². The SMILES string of the molecule is CCCN(CC(=O)NC(=O)NC1CCCCC1C)C1CCS(=O)(=O)C1. The number of imide groups is 1. The van der Waals surface area contributed by atoms with Crippen LogP contribution in [0.3, 0.4) is 0 Å². The molecule has 8 heteroatoms. The minimum absolute atomic E-state index is 0.0572. The molecule has 0 bridgehead atoms. The molecule has 2 aliphatic rings. The van der Waals surface area contributed by atoms with Crippen molar-refractivity contribution in [3.63, 3.8) is 0 Å². The highest BCUT2D eigenvalue weighted by atomic mass is 32.2. The maximum atomic E-state index is 12.2. The van der Waals surface area contributed by atoms with Crippen LogP contribution in [0.5, 0.6) is 0 Å². The molecule has 3 amide bonds. The summed E-state index contributed by atoms with van der Waals surface area (Å²) >= 11 is 0. The van der Waals surface area contributed by atoms with Crippen molar-refractivity contribution in [3.05, 3.63) is 0 Å². The van der Waals surface area contributed by atoms with Crippen molar-refractivity contribution >= 4 is 21.8 Å². The molecule has 144 valence electrons. The summed E-state index contributed by atoms with van der Waals surface area (Å²) in [5.41, 5.74) is 0. The lowest BCUT2D eigenvalue weighted by Gasteiger charge is -2.30. The first kappa shape index (κ1) is 20.2. The molecule has 0 aromatic carbocycles. The molecule has 0 aromatic rings. The molecule has 1 aliphatic carbocycles. The van der Waals surface area contributed by atoms with E-state index in [2.05, 4.69) is 17.6 Å². The van der Waals surface area contributed by atoms with Crippen LogP contribution in [0, 0.1) is 5.92 Å². The highest BCUT2D eigenvalue weighted by Crippen LogP contribution is 2.23. The van der Waals surface area contributed by atoms with Crippen molar-refractivity contribution in [2.24, 2.45) is 5.92 Å². The van der Waals surface area contributed by atoms with Crippen LogP contribution in [0.25, 0.3) is 0 Å². The molecule has 2 rings (SSSR count). The van der Waals surface area contributed by atoms with Crippen LogP contribution in [0.15, 0.2) is 0 Å². The van der Waals surface area contributed by atoms with E-state index < -0.39 is 15.9 Å². The lowest BCUT2D eigenvalue weighted by molar-refractivity contribution is -0.121. The van der Waals surface area contributed by atoms with Crippen LogP contribution in [-0.4, -0.2) is 61.9 Å². The number of hydrogen-bond donors (Lipinski definition) is 2. The van der Waals surface area contributed by atoms with E-state index in [-0.39, 0.29) is 36.0 Å². The summed E-state index contributed by atoms with van der Waals surface area (Å²) in [7, 11) is -3.00. The monoisotopic (exact) mass is 373 g/mol. The fraction of sp³-hybridized carbons (Fsp3) is 0.882. The van der Waals surface area contributed by atoms with Crippen molar-refractivity contribution in [3.8, 4) is 0 Å². The van der Waals surface area contributed by atoms with Crippen LogP contribution in [-0.2, 0) is 14.6 Å². The Morgan fingerprint density at radius 2 is 1.88 bits per heavy atom. The lowest BCUT2D eigenvalue weighted by atomic mass is 9.86. The normalized spacial score (nSPS) is 28.7. The molecule has 1 saturated heterocycles. The topological polar surface area (TPSA) is 95.6 Å². The van der Waals surface area contributed by atoms with Gasteiger partial charge in [-0.3, -0.25) is 15.0 Å². The minimum atomic E-state index is -3.00. The van der Waals surface area contributed by atoms with Crippen molar-refractivity contribution in [1.29, 1.82) is 0 Å². The Balaban J connectivity index is 1.83. The van der Waals surface area contributed by atoms with Crippen LogP contribution in [0.1, 0.15) is 52.4 Å². The highest BCUT2D eigenvalue weighted by molar-refractivity contribution is 7.91. The van der Waals surface area contributed by atoms with Crippen LogP contribution in [0.4, 0.5) is 4.79 Å². The van der Waals surface area contributed by atoms with Gasteiger partial charge >= 0.3 is 6.03 Å². The quantitative estimate of drug-likeness (QED) is 0.731. The molecule has 2 N–H and O–H groups in total. The Labute approximate surface area is 150 Å². The average Bonchev–Trinajstić information content (AvgIpc) is 2.89. The molecular formula is C17H31N3O4S. The van der Waals surface area contributed by atoms with Crippen molar-refractivity contribution in [1.82, 2.24) is 15.5 Å². The number of sulfone groups is 1. The summed E-state index contributed by atoms with van der Waals surface area (Å²) in [4.78, 5) is 26.2. The number of rotatable bonds is 6. The number of hydrogen-bond acceptors (Lipinski definition) is 5. The third kappa shape index (κ3) is 6.26.